The lowest BCUT2D eigenvalue weighted by Gasteiger charge is -2.29. The second kappa shape index (κ2) is 29.5. The van der Waals surface area contributed by atoms with Crippen molar-refractivity contribution in [3.05, 3.63) is 96.1 Å². The number of carbonyl (C=O) groups excluding carboxylic acids is 6. The summed E-state index contributed by atoms with van der Waals surface area (Å²) in [5.74, 6) is -2.03. The van der Waals surface area contributed by atoms with Crippen LogP contribution in [0.3, 0.4) is 0 Å². The maximum Gasteiger partial charge on any atom is 0.333 e. The van der Waals surface area contributed by atoms with Gasteiger partial charge in [0.25, 0.3) is 0 Å². The number of ether oxygens (including phenoxy) is 5. The van der Waals surface area contributed by atoms with Crippen molar-refractivity contribution in [1.82, 2.24) is 30.9 Å². The molecule has 0 bridgehead atoms. The summed E-state index contributed by atoms with van der Waals surface area (Å²) < 4.78 is 29.8. The maximum atomic E-state index is 13.6. The summed E-state index contributed by atoms with van der Waals surface area (Å²) in [7, 11) is 0. The van der Waals surface area contributed by atoms with Crippen LogP contribution in [0.1, 0.15) is 71.4 Å². The number of carbonyl (C=O) groups is 6. The molecule has 0 aliphatic carbocycles. The third-order valence-corrected chi connectivity index (χ3v) is 11.5. The van der Waals surface area contributed by atoms with Crippen LogP contribution in [0.2, 0.25) is 0 Å². The van der Waals surface area contributed by atoms with E-state index in [9.17, 15) is 28.8 Å². The Morgan fingerprint density at radius 2 is 1.40 bits per heavy atom. The van der Waals surface area contributed by atoms with Gasteiger partial charge in [0.2, 0.25) is 23.6 Å². The molecule has 2 atom stereocenters. The van der Waals surface area contributed by atoms with Gasteiger partial charge in [-0.05, 0) is 60.9 Å². The number of nitrogens with zero attached hydrogens (tertiary/aromatic N) is 4. The minimum Gasteiger partial charge on any atom is -0.457 e. The van der Waals surface area contributed by atoms with E-state index in [0.29, 0.717) is 70.2 Å². The molecule has 2 heterocycles. The fraction of sp³-hybridized carbons (Fsp3) is 0.472. The van der Waals surface area contributed by atoms with Gasteiger partial charge in [-0.2, -0.15) is 0 Å². The number of rotatable bonds is 30. The highest BCUT2D eigenvalue weighted by Crippen LogP contribution is 2.41. The van der Waals surface area contributed by atoms with Crippen LogP contribution in [0.5, 0.6) is 0 Å². The number of hydrogen-bond acceptors (Lipinski definition) is 13. The second-order valence-electron chi connectivity index (χ2n) is 18.3. The summed E-state index contributed by atoms with van der Waals surface area (Å²) in [6.45, 7) is 16.2. The zero-order valence-corrected chi connectivity index (χ0v) is 42.6. The lowest BCUT2D eigenvalue weighted by atomic mass is 9.95. The molecule has 0 saturated carbocycles. The van der Waals surface area contributed by atoms with E-state index >= 15 is 0 Å². The van der Waals surface area contributed by atoms with Crippen LogP contribution in [0.25, 0.3) is 22.5 Å². The number of hydrogen-bond donors (Lipinski definition) is 5. The minimum absolute atomic E-state index is 0.0105. The fourth-order valence-corrected chi connectivity index (χ4v) is 7.75. The Morgan fingerprint density at radius 3 is 2.04 bits per heavy atom. The van der Waals surface area contributed by atoms with Gasteiger partial charge in [0.05, 0.1) is 77.3 Å². The highest BCUT2D eigenvalue weighted by molar-refractivity contribution is 6.01. The number of esters is 1. The first-order valence-corrected chi connectivity index (χ1v) is 24.7. The highest BCUT2D eigenvalue weighted by Gasteiger charge is 2.31. The summed E-state index contributed by atoms with van der Waals surface area (Å²) in [6, 6.07) is 19.9. The number of primary amides is 1. The number of para-hydroxylation sites is 1. The number of amides is 6. The van der Waals surface area contributed by atoms with E-state index in [1.165, 1.54) is 0 Å². The normalized spacial score (nSPS) is 12.6. The molecule has 0 fully saturated rings. The van der Waals surface area contributed by atoms with Crippen molar-refractivity contribution in [2.45, 2.75) is 92.1 Å². The first kappa shape index (κ1) is 56.9. The summed E-state index contributed by atoms with van der Waals surface area (Å²) in [6.07, 6.45) is 0.906. The number of fused-ring (bicyclic) bond motifs is 5. The molecule has 1 aliphatic heterocycles. The Kier molecular flexibility index (Phi) is 23.0. The quantitative estimate of drug-likeness (QED) is 0.0253. The SMILES string of the molecule is C=C(C)C(=O)OCc1ccc(NC(=O)C(CCCNC(N)=O)NC(=O)C(NC(=O)CCOCCOCCOCCOCCn2nnc3c2-c2ccccc2N(C(=O)CC(C)C)Cc2ccccc2-3)C(C)C)cc1. The molecule has 20 nitrogen and oxygen atoms in total. The van der Waals surface area contributed by atoms with Gasteiger partial charge in [0, 0.05) is 41.8 Å². The molecule has 1 aromatic heterocycles. The molecule has 6 N–H and O–H groups in total. The molecule has 20 heteroatoms. The van der Waals surface area contributed by atoms with E-state index in [1.807, 2.05) is 72.0 Å². The highest BCUT2D eigenvalue weighted by atomic mass is 16.6. The van der Waals surface area contributed by atoms with Crippen molar-refractivity contribution in [2.75, 3.05) is 69.6 Å². The Labute approximate surface area is 427 Å². The largest absolute Gasteiger partial charge is 0.457 e. The number of aromatic nitrogens is 3. The van der Waals surface area contributed by atoms with Crippen LogP contribution in [-0.2, 0) is 67.4 Å². The van der Waals surface area contributed by atoms with Crippen LogP contribution in [0, 0.1) is 11.8 Å². The molecule has 73 heavy (non-hydrogen) atoms. The summed E-state index contributed by atoms with van der Waals surface area (Å²) in [5, 5.41) is 19.9. The third kappa shape index (κ3) is 18.2. The Hall–Kier alpha value is -7.00. The monoisotopic (exact) mass is 1010 g/mol. The van der Waals surface area contributed by atoms with E-state index in [1.54, 1.807) is 45.0 Å². The van der Waals surface area contributed by atoms with Crippen LogP contribution in [-0.4, -0.2) is 122 Å². The van der Waals surface area contributed by atoms with Crippen molar-refractivity contribution in [3.8, 4) is 22.5 Å². The second-order valence-corrected chi connectivity index (χ2v) is 18.3. The number of anilines is 2. The first-order chi connectivity index (χ1) is 35.1. The molecule has 2 unspecified atom stereocenters. The topological polar surface area (TPSA) is 257 Å². The Bertz CT molecular complexity index is 2480. The van der Waals surface area contributed by atoms with Crippen LogP contribution < -0.4 is 31.9 Å². The average Bonchev–Trinajstić information content (AvgIpc) is 3.77. The molecule has 5 rings (SSSR count). The number of urea groups is 1. The molecule has 6 amide bonds. The average molecular weight is 1010 g/mol. The summed E-state index contributed by atoms with van der Waals surface area (Å²) in [5.41, 5.74) is 11.8. The van der Waals surface area contributed by atoms with Gasteiger partial charge >= 0.3 is 12.0 Å². The molecular weight excluding hydrogens is 939 g/mol. The van der Waals surface area contributed by atoms with Gasteiger partial charge in [-0.25, -0.2) is 14.3 Å². The van der Waals surface area contributed by atoms with Gasteiger partial charge in [0.1, 0.15) is 24.4 Å². The molecule has 0 radical (unpaired) electrons. The van der Waals surface area contributed by atoms with Crippen LogP contribution >= 0.6 is 0 Å². The van der Waals surface area contributed by atoms with Gasteiger partial charge < -0.3 is 55.6 Å². The van der Waals surface area contributed by atoms with Crippen LogP contribution in [0.4, 0.5) is 16.2 Å². The van der Waals surface area contributed by atoms with Gasteiger partial charge in [-0.3, -0.25) is 19.2 Å². The molecule has 1 aliphatic rings. The minimum atomic E-state index is -1.02. The van der Waals surface area contributed by atoms with Gasteiger partial charge in [-0.1, -0.05) is 94.1 Å². The van der Waals surface area contributed by atoms with Crippen LogP contribution in [0.15, 0.2) is 84.9 Å². The van der Waals surface area contributed by atoms with Crippen molar-refractivity contribution in [2.24, 2.45) is 17.6 Å². The lowest BCUT2D eigenvalue weighted by molar-refractivity contribution is -0.140. The molecule has 0 spiro atoms. The smallest absolute Gasteiger partial charge is 0.333 e. The zero-order chi connectivity index (χ0) is 52.7. The van der Waals surface area contributed by atoms with E-state index in [0.717, 1.165) is 33.8 Å². The number of nitrogens with two attached hydrogens (primary N) is 1. The van der Waals surface area contributed by atoms with Crippen molar-refractivity contribution in [1.29, 1.82) is 0 Å². The van der Waals surface area contributed by atoms with Crippen molar-refractivity contribution >= 4 is 47.0 Å². The molecule has 394 valence electrons. The predicted octanol–water partition coefficient (Wildman–Crippen LogP) is 5.29. The Balaban J connectivity index is 0.975. The van der Waals surface area contributed by atoms with Gasteiger partial charge in [-0.15, -0.1) is 5.10 Å². The Morgan fingerprint density at radius 1 is 0.767 bits per heavy atom. The predicted molar refractivity (Wildman–Crippen MR) is 275 cm³/mol. The lowest BCUT2D eigenvalue weighted by Crippen LogP contribution is -2.54. The van der Waals surface area contributed by atoms with E-state index in [-0.39, 0.29) is 69.1 Å². The third-order valence-electron chi connectivity index (χ3n) is 11.5. The number of benzene rings is 3. The summed E-state index contributed by atoms with van der Waals surface area (Å²) >= 11 is 0. The van der Waals surface area contributed by atoms with E-state index in [4.69, 9.17) is 29.4 Å². The van der Waals surface area contributed by atoms with Crippen molar-refractivity contribution < 1.29 is 52.5 Å². The summed E-state index contributed by atoms with van der Waals surface area (Å²) in [4.78, 5) is 78.3. The van der Waals surface area contributed by atoms with Gasteiger partial charge in [0.15, 0.2) is 0 Å². The maximum absolute atomic E-state index is 13.6. The number of nitrogens with one attached hydrogen (secondary N) is 4. The molecule has 0 saturated heterocycles. The first-order valence-electron chi connectivity index (χ1n) is 24.7. The van der Waals surface area contributed by atoms with E-state index < -0.39 is 41.8 Å². The fourth-order valence-electron chi connectivity index (χ4n) is 7.75. The zero-order valence-electron chi connectivity index (χ0n) is 42.6. The molecular formula is C53H71N9O11. The molecule has 4 aromatic rings. The standard InChI is InChI=1S/C53H71N9O11/c1-35(2)32-46(64)61-33-39-12-7-8-13-41(39)48-49(42-14-9-10-16-44(42)61)62(60-59-48)23-25-70-27-29-72-31-30-71-28-26-69-24-21-45(63)58-47(36(3)4)51(66)57-43(15-11-22-55-53(54)68)50(65)56-40-19-17-38(18-20-40)34-73-52(67)37(5)6/h7-10,12-14,16-20,35-36,43,47H,5,11,15,21-34H2,1-4,6H3,(H,56,65)(H,57,66)(H,58,63)(H3,54,55,68). The molecule has 3 aromatic carbocycles. The van der Waals surface area contributed by atoms with E-state index in [2.05, 4.69) is 38.2 Å². The van der Waals surface area contributed by atoms with Crippen molar-refractivity contribution in [3.63, 3.8) is 0 Å².